The van der Waals surface area contributed by atoms with Crippen molar-refractivity contribution >= 4 is 29.2 Å². The Kier molecular flexibility index (Phi) is 3.62. The normalized spacial score (nSPS) is 11.0. The lowest BCUT2D eigenvalue weighted by Crippen LogP contribution is -2.02. The van der Waals surface area contributed by atoms with Crippen LogP contribution in [0.15, 0.2) is 46.9 Å². The second-order valence-corrected chi connectivity index (χ2v) is 5.44. The molecule has 0 saturated heterocycles. The van der Waals surface area contributed by atoms with E-state index in [1.54, 1.807) is 24.3 Å². The van der Waals surface area contributed by atoms with Crippen LogP contribution in [-0.2, 0) is 11.2 Å². The molecule has 5 heteroatoms. The Morgan fingerprint density at radius 3 is 2.57 bits per heavy atom. The van der Waals surface area contributed by atoms with Crippen molar-refractivity contribution in [2.45, 2.75) is 6.42 Å². The molecule has 1 N–H and O–H groups in total. The molecule has 0 spiro atoms. The summed E-state index contributed by atoms with van der Waals surface area (Å²) in [6.45, 7) is 0. The molecule has 0 amide bonds. The molecule has 0 fully saturated rings. The van der Waals surface area contributed by atoms with Gasteiger partial charge in [0.2, 0.25) is 0 Å². The van der Waals surface area contributed by atoms with E-state index in [1.165, 1.54) is 0 Å². The van der Waals surface area contributed by atoms with Gasteiger partial charge in [-0.3, -0.25) is 4.79 Å². The zero-order chi connectivity index (χ0) is 15.0. The number of carboxylic acid groups (broad SMARTS) is 1. The molecule has 21 heavy (non-hydrogen) atoms. The summed E-state index contributed by atoms with van der Waals surface area (Å²) in [4.78, 5) is 11.0. The van der Waals surface area contributed by atoms with Crippen LogP contribution in [0.3, 0.4) is 0 Å². The summed E-state index contributed by atoms with van der Waals surface area (Å²) in [6.07, 6.45) is -0.198. The van der Waals surface area contributed by atoms with Gasteiger partial charge in [0.05, 0.1) is 10.0 Å². The van der Waals surface area contributed by atoms with Crippen LogP contribution in [-0.4, -0.2) is 11.1 Å². The highest BCUT2D eigenvalue weighted by atomic mass is 35.5. The highest BCUT2D eigenvalue weighted by Gasteiger charge is 2.17. The number of carboxylic acids is 1. The first kappa shape index (κ1) is 14.0. The molecule has 3 rings (SSSR count). The molecule has 0 radical (unpaired) electrons. The Balaban J connectivity index is 2.21. The smallest absolute Gasteiger partial charge is 0.311 e. The van der Waals surface area contributed by atoms with E-state index in [4.69, 9.17) is 32.7 Å². The molecule has 1 aliphatic heterocycles. The molecular formula is C16H10Cl2O3. The van der Waals surface area contributed by atoms with Gasteiger partial charge in [-0.05, 0) is 29.8 Å². The minimum atomic E-state index is -0.953. The SMILES string of the molecule is O=C(O)Cc1oc2cccc-2cc1-c1ccc(Cl)c(Cl)c1. The van der Waals surface area contributed by atoms with Crippen molar-refractivity contribution < 1.29 is 14.3 Å². The van der Waals surface area contributed by atoms with Crippen molar-refractivity contribution in [2.24, 2.45) is 0 Å². The standard InChI is InChI=1S/C16H10Cl2O3/c17-12-5-4-9(7-13(12)18)11-6-10-2-1-3-14(10)21-15(11)8-16(19)20/h1-7H,8H2,(H,19,20). The van der Waals surface area contributed by atoms with E-state index in [2.05, 4.69) is 0 Å². The van der Waals surface area contributed by atoms with Crippen LogP contribution in [0.2, 0.25) is 10.0 Å². The third-order valence-electron chi connectivity index (χ3n) is 3.18. The predicted octanol–water partition coefficient (Wildman–Crippen LogP) is 4.99. The molecule has 0 unspecified atom stereocenters. The number of hydrogen-bond acceptors (Lipinski definition) is 2. The van der Waals surface area contributed by atoms with Crippen molar-refractivity contribution in [2.75, 3.05) is 0 Å². The maximum Gasteiger partial charge on any atom is 0.311 e. The van der Waals surface area contributed by atoms with E-state index in [0.717, 1.165) is 11.1 Å². The van der Waals surface area contributed by atoms with Gasteiger partial charge in [-0.25, -0.2) is 0 Å². The summed E-state index contributed by atoms with van der Waals surface area (Å²) in [7, 11) is 0. The van der Waals surface area contributed by atoms with Crippen molar-refractivity contribution in [1.82, 2.24) is 0 Å². The molecule has 1 aliphatic carbocycles. The van der Waals surface area contributed by atoms with Crippen LogP contribution in [0.5, 0.6) is 0 Å². The number of hydrogen-bond donors (Lipinski definition) is 1. The van der Waals surface area contributed by atoms with E-state index in [-0.39, 0.29) is 6.42 Å². The van der Waals surface area contributed by atoms with Gasteiger partial charge in [0.15, 0.2) is 0 Å². The van der Waals surface area contributed by atoms with Gasteiger partial charge in [0.25, 0.3) is 0 Å². The predicted molar refractivity (Wildman–Crippen MR) is 82.1 cm³/mol. The molecule has 106 valence electrons. The van der Waals surface area contributed by atoms with Crippen molar-refractivity contribution in [3.8, 4) is 22.5 Å². The van der Waals surface area contributed by atoms with E-state index < -0.39 is 5.97 Å². The van der Waals surface area contributed by atoms with E-state index in [9.17, 15) is 4.79 Å². The Hall–Kier alpha value is -1.97. The fraction of sp³-hybridized carbons (Fsp3) is 0.0625. The van der Waals surface area contributed by atoms with Gasteiger partial charge >= 0.3 is 5.97 Å². The Labute approximate surface area is 131 Å². The van der Waals surface area contributed by atoms with Crippen LogP contribution in [0.1, 0.15) is 5.76 Å². The van der Waals surface area contributed by atoms with Gasteiger partial charge in [-0.2, -0.15) is 0 Å². The zero-order valence-corrected chi connectivity index (χ0v) is 12.3. The van der Waals surface area contributed by atoms with Gasteiger partial charge in [0, 0.05) is 11.1 Å². The highest BCUT2D eigenvalue weighted by molar-refractivity contribution is 6.42. The summed E-state index contributed by atoms with van der Waals surface area (Å²) >= 11 is 12.0. The lowest BCUT2D eigenvalue weighted by atomic mass is 10.0. The molecule has 0 saturated carbocycles. The minimum Gasteiger partial charge on any atom is -0.481 e. The van der Waals surface area contributed by atoms with E-state index in [1.807, 2.05) is 18.2 Å². The molecule has 3 nitrogen and oxygen atoms in total. The summed E-state index contributed by atoms with van der Waals surface area (Å²) in [6, 6.07) is 12.6. The number of aliphatic carboxylic acids is 1. The fourth-order valence-corrected chi connectivity index (χ4v) is 2.53. The quantitative estimate of drug-likeness (QED) is 0.740. The maximum absolute atomic E-state index is 11.0. The Morgan fingerprint density at radius 1 is 1.05 bits per heavy atom. The average Bonchev–Trinajstić information content (AvgIpc) is 2.87. The molecule has 0 atom stereocenters. The topological polar surface area (TPSA) is 50.4 Å². The third-order valence-corrected chi connectivity index (χ3v) is 3.92. The molecule has 0 bridgehead atoms. The number of carbonyl (C=O) groups is 1. The molecular weight excluding hydrogens is 311 g/mol. The zero-order valence-electron chi connectivity index (χ0n) is 10.8. The van der Waals surface area contributed by atoms with Crippen LogP contribution in [0, 0.1) is 0 Å². The summed E-state index contributed by atoms with van der Waals surface area (Å²) in [5.41, 5.74) is 2.38. The van der Waals surface area contributed by atoms with Crippen molar-refractivity contribution in [3.63, 3.8) is 0 Å². The first-order chi connectivity index (χ1) is 10.0. The van der Waals surface area contributed by atoms with Crippen molar-refractivity contribution in [3.05, 3.63) is 58.3 Å². The van der Waals surface area contributed by atoms with Gasteiger partial charge in [-0.15, -0.1) is 0 Å². The average molecular weight is 321 g/mol. The summed E-state index contributed by atoms with van der Waals surface area (Å²) in [5.74, 6) is 0.0978. The lowest BCUT2D eigenvalue weighted by molar-refractivity contribution is -0.136. The maximum atomic E-state index is 11.0. The first-order valence-corrected chi connectivity index (χ1v) is 6.99. The second kappa shape index (κ2) is 5.43. The van der Waals surface area contributed by atoms with Gasteiger partial charge in [-0.1, -0.05) is 41.4 Å². The second-order valence-electron chi connectivity index (χ2n) is 4.63. The molecule has 0 aromatic heterocycles. The number of rotatable bonds is 3. The number of fused-ring (bicyclic) bond motifs is 1. The number of halogens is 2. The fourth-order valence-electron chi connectivity index (χ4n) is 2.23. The summed E-state index contributed by atoms with van der Waals surface area (Å²) in [5, 5.41) is 9.92. The van der Waals surface area contributed by atoms with Crippen LogP contribution >= 0.6 is 23.2 Å². The molecule has 2 aliphatic rings. The number of benzene rings is 1. The van der Waals surface area contributed by atoms with Crippen LogP contribution in [0.4, 0.5) is 0 Å². The third kappa shape index (κ3) is 2.75. The minimum absolute atomic E-state index is 0.198. The molecule has 1 aromatic rings. The van der Waals surface area contributed by atoms with Gasteiger partial charge < -0.3 is 9.52 Å². The Morgan fingerprint density at radius 2 is 1.86 bits per heavy atom. The summed E-state index contributed by atoms with van der Waals surface area (Å²) < 4.78 is 5.71. The monoisotopic (exact) mass is 320 g/mol. The highest BCUT2D eigenvalue weighted by Crippen LogP contribution is 2.35. The first-order valence-electron chi connectivity index (χ1n) is 6.23. The Bertz CT molecular complexity index is 792. The molecule has 1 aromatic carbocycles. The van der Waals surface area contributed by atoms with Gasteiger partial charge in [0.1, 0.15) is 17.9 Å². The van der Waals surface area contributed by atoms with E-state index >= 15 is 0 Å². The molecule has 1 heterocycles. The van der Waals surface area contributed by atoms with Crippen LogP contribution in [0.25, 0.3) is 22.5 Å². The van der Waals surface area contributed by atoms with Crippen molar-refractivity contribution in [1.29, 1.82) is 0 Å². The van der Waals surface area contributed by atoms with E-state index in [0.29, 0.717) is 27.1 Å². The lowest BCUT2D eigenvalue weighted by Gasteiger charge is -2.11. The largest absolute Gasteiger partial charge is 0.481 e. The van der Waals surface area contributed by atoms with Crippen LogP contribution < -0.4 is 0 Å².